The molecule has 0 bridgehead atoms. The summed E-state index contributed by atoms with van der Waals surface area (Å²) in [6, 6.07) is 9.78. The second kappa shape index (κ2) is 4.61. The summed E-state index contributed by atoms with van der Waals surface area (Å²) in [5.41, 5.74) is 8.17. The van der Waals surface area contributed by atoms with Crippen LogP contribution >= 0.6 is 0 Å². The van der Waals surface area contributed by atoms with Crippen LogP contribution in [0.2, 0.25) is 0 Å². The molecule has 2 nitrogen and oxygen atoms in total. The van der Waals surface area contributed by atoms with E-state index in [1.807, 2.05) is 32.0 Å². The van der Waals surface area contributed by atoms with E-state index in [1.54, 1.807) is 6.07 Å². The van der Waals surface area contributed by atoms with Crippen molar-refractivity contribution in [2.45, 2.75) is 13.8 Å². The Morgan fingerprint density at radius 1 is 1.11 bits per heavy atom. The first-order valence-electron chi connectivity index (χ1n) is 5.66. The van der Waals surface area contributed by atoms with Crippen molar-refractivity contribution in [3.8, 4) is 0 Å². The van der Waals surface area contributed by atoms with Gasteiger partial charge < -0.3 is 5.73 Å². The van der Waals surface area contributed by atoms with E-state index in [2.05, 4.69) is 0 Å². The normalized spacial score (nSPS) is 10.4. The van der Waals surface area contributed by atoms with Crippen molar-refractivity contribution in [3.05, 3.63) is 64.5 Å². The molecular formula is C15H14FNO. The fourth-order valence-electron chi connectivity index (χ4n) is 1.99. The van der Waals surface area contributed by atoms with Crippen LogP contribution in [-0.2, 0) is 0 Å². The monoisotopic (exact) mass is 243 g/mol. The quantitative estimate of drug-likeness (QED) is 0.650. The minimum Gasteiger partial charge on any atom is -0.396 e. The summed E-state index contributed by atoms with van der Waals surface area (Å²) < 4.78 is 13.4. The van der Waals surface area contributed by atoms with Crippen LogP contribution in [0.1, 0.15) is 27.0 Å². The zero-order valence-corrected chi connectivity index (χ0v) is 10.3. The standard InChI is InChI=1S/C15H14FNO/c1-9-4-3-5-10(2)14(9)15(18)11-6-7-13(17)12(16)8-11/h3-8H,17H2,1-2H3. The van der Waals surface area contributed by atoms with Crippen molar-refractivity contribution in [2.24, 2.45) is 0 Å². The number of benzene rings is 2. The van der Waals surface area contributed by atoms with Gasteiger partial charge in [-0.1, -0.05) is 18.2 Å². The third-order valence-electron chi connectivity index (χ3n) is 2.97. The Morgan fingerprint density at radius 2 is 1.72 bits per heavy atom. The third kappa shape index (κ3) is 2.12. The molecule has 18 heavy (non-hydrogen) atoms. The molecule has 0 atom stereocenters. The molecule has 2 rings (SSSR count). The molecule has 92 valence electrons. The first-order chi connectivity index (χ1) is 8.50. The molecule has 0 aliphatic heterocycles. The van der Waals surface area contributed by atoms with E-state index < -0.39 is 5.82 Å². The summed E-state index contributed by atoms with van der Waals surface area (Å²) in [5.74, 6) is -0.739. The van der Waals surface area contributed by atoms with Gasteiger partial charge in [0.1, 0.15) is 5.82 Å². The van der Waals surface area contributed by atoms with Crippen molar-refractivity contribution >= 4 is 11.5 Å². The van der Waals surface area contributed by atoms with Crippen LogP contribution in [0.3, 0.4) is 0 Å². The fraction of sp³-hybridized carbons (Fsp3) is 0.133. The first-order valence-corrected chi connectivity index (χ1v) is 5.66. The number of carbonyl (C=O) groups is 1. The lowest BCUT2D eigenvalue weighted by Crippen LogP contribution is -2.07. The summed E-state index contributed by atoms with van der Waals surface area (Å²) in [6.45, 7) is 3.74. The summed E-state index contributed by atoms with van der Waals surface area (Å²) in [7, 11) is 0. The lowest BCUT2D eigenvalue weighted by atomic mass is 9.95. The Kier molecular flexibility index (Phi) is 3.15. The molecule has 2 N–H and O–H groups in total. The molecule has 0 saturated heterocycles. The predicted molar refractivity (Wildman–Crippen MR) is 70.2 cm³/mol. The molecule has 2 aromatic carbocycles. The first kappa shape index (κ1) is 12.3. The SMILES string of the molecule is Cc1cccc(C)c1C(=O)c1ccc(N)c(F)c1. The maximum Gasteiger partial charge on any atom is 0.193 e. The zero-order valence-electron chi connectivity index (χ0n) is 10.3. The maximum atomic E-state index is 13.4. The van der Waals surface area contributed by atoms with Gasteiger partial charge in [-0.15, -0.1) is 0 Å². The number of hydrogen-bond acceptors (Lipinski definition) is 2. The molecule has 0 spiro atoms. The Balaban J connectivity index is 2.51. The molecule has 0 fully saturated rings. The molecule has 0 heterocycles. The van der Waals surface area contributed by atoms with E-state index in [0.29, 0.717) is 11.1 Å². The number of rotatable bonds is 2. The molecule has 3 heteroatoms. The molecule has 0 aromatic heterocycles. The molecule has 0 unspecified atom stereocenters. The van der Waals surface area contributed by atoms with Crippen LogP contribution in [0, 0.1) is 19.7 Å². The van der Waals surface area contributed by atoms with Crippen molar-refractivity contribution in [3.63, 3.8) is 0 Å². The lowest BCUT2D eigenvalue weighted by molar-refractivity contribution is 0.103. The number of aryl methyl sites for hydroxylation is 2. The van der Waals surface area contributed by atoms with Crippen LogP contribution in [0.25, 0.3) is 0 Å². The third-order valence-corrected chi connectivity index (χ3v) is 2.97. The van der Waals surface area contributed by atoms with E-state index in [-0.39, 0.29) is 11.5 Å². The number of nitrogens with two attached hydrogens (primary N) is 1. The Morgan fingerprint density at radius 3 is 2.28 bits per heavy atom. The highest BCUT2D eigenvalue weighted by Gasteiger charge is 2.15. The van der Waals surface area contributed by atoms with Gasteiger partial charge in [0.25, 0.3) is 0 Å². The molecule has 0 saturated carbocycles. The highest BCUT2D eigenvalue weighted by Crippen LogP contribution is 2.20. The van der Waals surface area contributed by atoms with E-state index >= 15 is 0 Å². The molecular weight excluding hydrogens is 229 g/mol. The largest absolute Gasteiger partial charge is 0.396 e. The van der Waals surface area contributed by atoms with Crippen molar-refractivity contribution < 1.29 is 9.18 Å². The van der Waals surface area contributed by atoms with Gasteiger partial charge in [-0.3, -0.25) is 4.79 Å². The van der Waals surface area contributed by atoms with Crippen molar-refractivity contribution in [2.75, 3.05) is 5.73 Å². The van der Waals surface area contributed by atoms with Gasteiger partial charge in [-0.2, -0.15) is 0 Å². The molecule has 0 aliphatic rings. The van der Waals surface area contributed by atoms with Crippen LogP contribution in [0.5, 0.6) is 0 Å². The molecule has 0 amide bonds. The summed E-state index contributed by atoms with van der Waals surface area (Å²) >= 11 is 0. The number of ketones is 1. The minimum absolute atomic E-state index is 0.0491. The Hall–Kier alpha value is -2.16. The molecule has 0 radical (unpaired) electrons. The van der Waals surface area contributed by atoms with E-state index in [9.17, 15) is 9.18 Å². The van der Waals surface area contributed by atoms with Gasteiger partial charge in [0.2, 0.25) is 0 Å². The number of hydrogen-bond donors (Lipinski definition) is 1. The molecule has 0 aliphatic carbocycles. The lowest BCUT2D eigenvalue weighted by Gasteiger charge is -2.09. The van der Waals surface area contributed by atoms with E-state index in [4.69, 9.17) is 5.73 Å². The van der Waals surface area contributed by atoms with Gasteiger partial charge in [-0.05, 0) is 43.2 Å². The maximum absolute atomic E-state index is 13.4. The van der Waals surface area contributed by atoms with Gasteiger partial charge >= 0.3 is 0 Å². The van der Waals surface area contributed by atoms with E-state index in [1.165, 1.54) is 12.1 Å². The Labute approximate surface area is 105 Å². The van der Waals surface area contributed by atoms with Crippen LogP contribution < -0.4 is 5.73 Å². The highest BCUT2D eigenvalue weighted by atomic mass is 19.1. The van der Waals surface area contributed by atoms with E-state index in [0.717, 1.165) is 11.1 Å². The second-order valence-corrected chi connectivity index (χ2v) is 4.33. The van der Waals surface area contributed by atoms with Gasteiger partial charge in [-0.25, -0.2) is 4.39 Å². The average Bonchev–Trinajstić information content (AvgIpc) is 2.32. The predicted octanol–water partition coefficient (Wildman–Crippen LogP) is 3.26. The smallest absolute Gasteiger partial charge is 0.193 e. The van der Waals surface area contributed by atoms with Gasteiger partial charge in [0.05, 0.1) is 5.69 Å². The van der Waals surface area contributed by atoms with Crippen LogP contribution in [0.4, 0.5) is 10.1 Å². The summed E-state index contributed by atoms with van der Waals surface area (Å²) in [6.07, 6.45) is 0. The van der Waals surface area contributed by atoms with Crippen molar-refractivity contribution in [1.82, 2.24) is 0 Å². The number of halogens is 1. The number of carbonyl (C=O) groups excluding carboxylic acids is 1. The molecule has 2 aromatic rings. The van der Waals surface area contributed by atoms with Crippen LogP contribution in [-0.4, -0.2) is 5.78 Å². The van der Waals surface area contributed by atoms with Gasteiger partial charge in [0, 0.05) is 11.1 Å². The van der Waals surface area contributed by atoms with Gasteiger partial charge in [0.15, 0.2) is 5.78 Å². The average molecular weight is 243 g/mol. The van der Waals surface area contributed by atoms with Crippen LogP contribution in [0.15, 0.2) is 36.4 Å². The highest BCUT2D eigenvalue weighted by molar-refractivity contribution is 6.10. The minimum atomic E-state index is -0.563. The summed E-state index contributed by atoms with van der Waals surface area (Å²) in [5, 5.41) is 0. The fourth-order valence-corrected chi connectivity index (χ4v) is 1.99. The number of nitrogen functional groups attached to an aromatic ring is 1. The van der Waals surface area contributed by atoms with Crippen molar-refractivity contribution in [1.29, 1.82) is 0 Å². The second-order valence-electron chi connectivity index (χ2n) is 4.33. The topological polar surface area (TPSA) is 43.1 Å². The Bertz CT molecular complexity index is 600. The zero-order chi connectivity index (χ0) is 13.3. The summed E-state index contributed by atoms with van der Waals surface area (Å²) in [4.78, 5) is 12.3. The number of anilines is 1.